The number of benzene rings is 2. The van der Waals surface area contributed by atoms with Crippen molar-refractivity contribution in [3.05, 3.63) is 59.2 Å². The first-order chi connectivity index (χ1) is 14.0. The monoisotopic (exact) mass is 439 g/mol. The summed E-state index contributed by atoms with van der Waals surface area (Å²) in [6, 6.07) is 9.12. The van der Waals surface area contributed by atoms with E-state index in [0.717, 1.165) is 33.8 Å². The molecular formula is C20H20F3N3O3S. The first kappa shape index (κ1) is 20.7. The van der Waals surface area contributed by atoms with Gasteiger partial charge in [0.1, 0.15) is 5.66 Å². The maximum atomic E-state index is 13.0. The zero-order chi connectivity index (χ0) is 21.7. The lowest BCUT2D eigenvalue weighted by Crippen LogP contribution is -2.62. The van der Waals surface area contributed by atoms with E-state index in [4.69, 9.17) is 0 Å². The molecule has 2 heterocycles. The second-order valence-corrected chi connectivity index (χ2v) is 9.53. The van der Waals surface area contributed by atoms with Crippen molar-refractivity contribution in [1.29, 1.82) is 0 Å². The summed E-state index contributed by atoms with van der Waals surface area (Å²) < 4.78 is 65.9. The van der Waals surface area contributed by atoms with Crippen LogP contribution in [-0.4, -0.2) is 37.4 Å². The van der Waals surface area contributed by atoms with Crippen molar-refractivity contribution in [2.24, 2.45) is 0 Å². The van der Waals surface area contributed by atoms with E-state index in [1.54, 1.807) is 12.1 Å². The van der Waals surface area contributed by atoms with Crippen LogP contribution >= 0.6 is 0 Å². The third kappa shape index (κ3) is 3.54. The topological polar surface area (TPSA) is 78.5 Å². The quantitative estimate of drug-likeness (QED) is 0.752. The van der Waals surface area contributed by atoms with Gasteiger partial charge in [-0.1, -0.05) is 18.2 Å². The van der Waals surface area contributed by atoms with Gasteiger partial charge in [0.2, 0.25) is 10.0 Å². The second-order valence-electron chi connectivity index (χ2n) is 7.59. The molecule has 10 heteroatoms. The number of sulfonamides is 1. The summed E-state index contributed by atoms with van der Waals surface area (Å²) in [6.45, 7) is 2.01. The van der Waals surface area contributed by atoms with Crippen LogP contribution < -0.4 is 10.6 Å². The molecule has 1 amide bonds. The van der Waals surface area contributed by atoms with Crippen LogP contribution in [0.4, 0.5) is 18.9 Å². The first-order valence-electron chi connectivity index (χ1n) is 9.40. The Morgan fingerprint density at radius 3 is 2.37 bits per heavy atom. The average molecular weight is 439 g/mol. The SMILES string of the molecule is Cc1cccc2c1NC1(CCN(S(=O)(=O)c3cccc(C(F)(F)F)c3)CC1)NC2=O. The Bertz CT molecular complexity index is 1110. The number of carbonyl (C=O) groups excluding carboxylic acids is 1. The second kappa shape index (κ2) is 6.98. The number of aryl methyl sites for hydroxylation is 1. The van der Waals surface area contributed by atoms with E-state index in [2.05, 4.69) is 10.6 Å². The highest BCUT2D eigenvalue weighted by molar-refractivity contribution is 7.89. The number of amides is 1. The Morgan fingerprint density at radius 2 is 1.70 bits per heavy atom. The molecule has 6 nitrogen and oxygen atoms in total. The fraction of sp³-hybridized carbons (Fsp3) is 0.350. The number of piperidine rings is 1. The van der Waals surface area contributed by atoms with E-state index in [-0.39, 0.29) is 31.8 Å². The molecule has 0 aliphatic carbocycles. The summed E-state index contributed by atoms with van der Waals surface area (Å²) in [5, 5.41) is 6.29. The highest BCUT2D eigenvalue weighted by atomic mass is 32.2. The fourth-order valence-corrected chi connectivity index (χ4v) is 5.41. The van der Waals surface area contributed by atoms with E-state index >= 15 is 0 Å². The molecule has 1 spiro atoms. The van der Waals surface area contributed by atoms with Crippen LogP contribution in [0.2, 0.25) is 0 Å². The van der Waals surface area contributed by atoms with Gasteiger partial charge in [0.05, 0.1) is 21.7 Å². The van der Waals surface area contributed by atoms with E-state index in [9.17, 15) is 26.4 Å². The van der Waals surface area contributed by atoms with Crippen molar-refractivity contribution in [2.45, 2.75) is 36.5 Å². The molecular weight excluding hydrogens is 419 g/mol. The van der Waals surface area contributed by atoms with Crippen molar-refractivity contribution in [1.82, 2.24) is 9.62 Å². The summed E-state index contributed by atoms with van der Waals surface area (Å²) >= 11 is 0. The van der Waals surface area contributed by atoms with Crippen LogP contribution in [0, 0.1) is 6.92 Å². The van der Waals surface area contributed by atoms with Gasteiger partial charge in [0.15, 0.2) is 0 Å². The van der Waals surface area contributed by atoms with Crippen LogP contribution in [-0.2, 0) is 16.2 Å². The molecule has 0 unspecified atom stereocenters. The number of nitrogens with zero attached hydrogens (tertiary/aromatic N) is 1. The normalized spacial score (nSPS) is 19.1. The summed E-state index contributed by atoms with van der Waals surface area (Å²) in [5.74, 6) is -0.235. The van der Waals surface area contributed by atoms with Gasteiger partial charge in [-0.2, -0.15) is 17.5 Å². The number of alkyl halides is 3. The Labute approximate surface area is 172 Å². The molecule has 2 aliphatic heterocycles. The lowest BCUT2D eigenvalue weighted by molar-refractivity contribution is -0.137. The largest absolute Gasteiger partial charge is 0.416 e. The minimum atomic E-state index is -4.63. The van der Waals surface area contributed by atoms with Gasteiger partial charge >= 0.3 is 6.18 Å². The Balaban J connectivity index is 1.55. The number of rotatable bonds is 2. The standard InChI is InChI=1S/C20H20F3N3O3S/c1-13-4-2-7-16-17(13)24-19(25-18(16)27)8-10-26(11-9-19)30(28,29)15-6-3-5-14(12-15)20(21,22)23/h2-7,12,24H,8-11H2,1H3,(H,25,27). The summed E-state index contributed by atoms with van der Waals surface area (Å²) in [5.41, 5.74) is 0.344. The van der Waals surface area contributed by atoms with Crippen molar-refractivity contribution in [3.8, 4) is 0 Å². The van der Waals surface area contributed by atoms with Crippen molar-refractivity contribution < 1.29 is 26.4 Å². The molecule has 0 aromatic heterocycles. The molecule has 0 atom stereocenters. The molecule has 160 valence electrons. The molecule has 2 aliphatic rings. The maximum Gasteiger partial charge on any atom is 0.416 e. The van der Waals surface area contributed by atoms with Crippen molar-refractivity contribution in [3.63, 3.8) is 0 Å². The first-order valence-corrected chi connectivity index (χ1v) is 10.8. The van der Waals surface area contributed by atoms with Gasteiger partial charge in [-0.15, -0.1) is 0 Å². The molecule has 2 N–H and O–H groups in total. The third-order valence-corrected chi connectivity index (χ3v) is 7.50. The molecule has 30 heavy (non-hydrogen) atoms. The highest BCUT2D eigenvalue weighted by Crippen LogP contribution is 2.35. The van der Waals surface area contributed by atoms with Crippen LogP contribution in [0.25, 0.3) is 0 Å². The van der Waals surface area contributed by atoms with E-state index in [0.29, 0.717) is 11.6 Å². The predicted molar refractivity (Wildman–Crippen MR) is 104 cm³/mol. The molecule has 0 bridgehead atoms. The van der Waals surface area contributed by atoms with Crippen molar-refractivity contribution in [2.75, 3.05) is 18.4 Å². The Hall–Kier alpha value is -2.59. The number of fused-ring (bicyclic) bond motifs is 1. The van der Waals surface area contributed by atoms with Gasteiger partial charge in [0, 0.05) is 25.9 Å². The average Bonchev–Trinajstić information content (AvgIpc) is 2.69. The van der Waals surface area contributed by atoms with Crippen LogP contribution in [0.1, 0.15) is 34.3 Å². The number of hydrogen-bond donors (Lipinski definition) is 2. The lowest BCUT2D eigenvalue weighted by atomic mass is 9.92. The maximum absolute atomic E-state index is 13.0. The fourth-order valence-electron chi connectivity index (χ4n) is 3.92. The van der Waals surface area contributed by atoms with Gasteiger partial charge in [-0.3, -0.25) is 4.79 Å². The van der Waals surface area contributed by atoms with Crippen molar-refractivity contribution >= 4 is 21.6 Å². The van der Waals surface area contributed by atoms with E-state index in [1.165, 1.54) is 0 Å². The van der Waals surface area contributed by atoms with Gasteiger partial charge in [-0.05, 0) is 36.8 Å². The van der Waals surface area contributed by atoms with E-state index < -0.39 is 32.3 Å². The molecule has 4 rings (SSSR count). The van der Waals surface area contributed by atoms with Gasteiger partial charge < -0.3 is 10.6 Å². The number of carbonyl (C=O) groups is 1. The highest BCUT2D eigenvalue weighted by Gasteiger charge is 2.43. The van der Waals surface area contributed by atoms with Gasteiger partial charge in [0.25, 0.3) is 5.91 Å². The number of hydrogen-bond acceptors (Lipinski definition) is 4. The summed E-state index contributed by atoms with van der Waals surface area (Å²) in [7, 11) is -4.09. The van der Waals surface area contributed by atoms with Crippen LogP contribution in [0.15, 0.2) is 47.4 Å². The molecule has 0 radical (unpaired) electrons. The van der Waals surface area contributed by atoms with E-state index in [1.807, 2.05) is 13.0 Å². The zero-order valence-electron chi connectivity index (χ0n) is 16.1. The smallest absolute Gasteiger partial charge is 0.362 e. The Kier molecular flexibility index (Phi) is 4.81. The number of anilines is 1. The third-order valence-electron chi connectivity index (χ3n) is 5.61. The minimum Gasteiger partial charge on any atom is -0.362 e. The number of nitrogens with one attached hydrogen (secondary N) is 2. The van der Waals surface area contributed by atoms with Gasteiger partial charge in [-0.25, -0.2) is 8.42 Å². The predicted octanol–water partition coefficient (Wildman–Crippen LogP) is 3.35. The molecule has 0 saturated carbocycles. The zero-order valence-corrected chi connectivity index (χ0v) is 16.9. The van der Waals surface area contributed by atoms with Crippen LogP contribution in [0.3, 0.4) is 0 Å². The molecule has 2 aromatic rings. The Morgan fingerprint density at radius 1 is 1.03 bits per heavy atom. The lowest BCUT2D eigenvalue weighted by Gasteiger charge is -2.45. The molecule has 2 aromatic carbocycles. The number of halogens is 3. The molecule has 1 saturated heterocycles. The van der Waals surface area contributed by atoms with Crippen LogP contribution in [0.5, 0.6) is 0 Å². The number of para-hydroxylation sites is 1. The summed E-state index contributed by atoms with van der Waals surface area (Å²) in [4.78, 5) is 12.2. The molecule has 1 fully saturated rings. The minimum absolute atomic E-state index is 0.0626. The summed E-state index contributed by atoms with van der Waals surface area (Å²) in [6.07, 6.45) is -4.06.